The Morgan fingerprint density at radius 2 is 1.32 bits per heavy atom. The van der Waals surface area contributed by atoms with Gasteiger partial charge in [0.25, 0.3) is 0 Å². The van der Waals surface area contributed by atoms with E-state index in [1.54, 1.807) is 0 Å². The van der Waals surface area contributed by atoms with Gasteiger partial charge in [-0.15, -0.1) is 0 Å². The molecule has 0 bridgehead atoms. The van der Waals surface area contributed by atoms with Crippen LogP contribution >= 0.6 is 0 Å². The Hall–Kier alpha value is -0.940. The van der Waals surface area contributed by atoms with Gasteiger partial charge in [0.1, 0.15) is 0 Å². The predicted molar refractivity (Wildman–Crippen MR) is 76.2 cm³/mol. The molecule has 0 saturated carbocycles. The Labute approximate surface area is 116 Å². The van der Waals surface area contributed by atoms with Crippen molar-refractivity contribution in [2.45, 2.75) is 20.5 Å². The monoisotopic (exact) mass is 270 g/mol. The minimum atomic E-state index is 0.0557. The third-order valence-corrected chi connectivity index (χ3v) is 2.09. The molecule has 1 N–H and O–H groups in total. The molecular weight excluding hydrogens is 244 g/mol. The van der Waals surface area contributed by atoms with Crippen LogP contribution in [0.25, 0.3) is 0 Å². The molecule has 0 spiro atoms. The van der Waals surface area contributed by atoms with Gasteiger partial charge in [-0.25, -0.2) is 0 Å². The number of aliphatic hydroxyl groups excluding tert-OH is 1. The van der Waals surface area contributed by atoms with Crippen molar-refractivity contribution in [3.05, 3.63) is 35.9 Å². The van der Waals surface area contributed by atoms with Crippen LogP contribution in [0.1, 0.15) is 19.4 Å². The van der Waals surface area contributed by atoms with E-state index in [4.69, 9.17) is 19.3 Å². The summed E-state index contributed by atoms with van der Waals surface area (Å²) < 4.78 is 15.8. The summed E-state index contributed by atoms with van der Waals surface area (Å²) in [6.07, 6.45) is 0. The van der Waals surface area contributed by atoms with Gasteiger partial charge >= 0.3 is 0 Å². The van der Waals surface area contributed by atoms with Gasteiger partial charge in [-0.05, 0) is 5.56 Å². The van der Waals surface area contributed by atoms with Gasteiger partial charge in [-0.1, -0.05) is 44.2 Å². The van der Waals surface area contributed by atoms with Crippen LogP contribution in [0.15, 0.2) is 30.3 Å². The summed E-state index contributed by atoms with van der Waals surface area (Å²) in [7, 11) is 0. The highest BCUT2D eigenvalue weighted by Crippen LogP contribution is 1.99. The van der Waals surface area contributed by atoms with E-state index in [9.17, 15) is 0 Å². The highest BCUT2D eigenvalue weighted by molar-refractivity contribution is 5.13. The Morgan fingerprint density at radius 1 is 0.789 bits per heavy atom. The van der Waals surface area contributed by atoms with Gasteiger partial charge in [0.05, 0.1) is 46.2 Å². The Morgan fingerprint density at radius 3 is 1.89 bits per heavy atom. The maximum absolute atomic E-state index is 8.46. The van der Waals surface area contributed by atoms with Gasteiger partial charge < -0.3 is 19.3 Å². The first kappa shape index (κ1) is 18.1. The van der Waals surface area contributed by atoms with Gasteiger partial charge in [0.2, 0.25) is 0 Å². The van der Waals surface area contributed by atoms with E-state index in [0.29, 0.717) is 39.6 Å². The van der Waals surface area contributed by atoms with E-state index in [-0.39, 0.29) is 6.61 Å². The molecule has 110 valence electrons. The largest absolute Gasteiger partial charge is 0.394 e. The first-order valence-electron chi connectivity index (χ1n) is 6.81. The van der Waals surface area contributed by atoms with Crippen molar-refractivity contribution in [2.24, 2.45) is 0 Å². The summed E-state index contributed by atoms with van der Waals surface area (Å²) in [6, 6.07) is 10.0. The van der Waals surface area contributed by atoms with E-state index in [1.807, 2.05) is 44.2 Å². The SMILES string of the molecule is CC.OCCOCCOCCOCc1ccccc1. The summed E-state index contributed by atoms with van der Waals surface area (Å²) in [5.74, 6) is 0. The van der Waals surface area contributed by atoms with Crippen LogP contribution in [-0.2, 0) is 20.8 Å². The van der Waals surface area contributed by atoms with Crippen molar-refractivity contribution >= 4 is 0 Å². The van der Waals surface area contributed by atoms with Crippen LogP contribution in [0.3, 0.4) is 0 Å². The third kappa shape index (κ3) is 11.9. The molecule has 4 heteroatoms. The fourth-order valence-corrected chi connectivity index (χ4v) is 1.27. The minimum absolute atomic E-state index is 0.0557. The van der Waals surface area contributed by atoms with Crippen LogP contribution in [0.4, 0.5) is 0 Å². The van der Waals surface area contributed by atoms with Gasteiger partial charge in [0.15, 0.2) is 0 Å². The lowest BCUT2D eigenvalue weighted by atomic mass is 10.2. The summed E-state index contributed by atoms with van der Waals surface area (Å²) >= 11 is 0. The lowest BCUT2D eigenvalue weighted by Gasteiger charge is -2.06. The number of benzene rings is 1. The zero-order valence-electron chi connectivity index (χ0n) is 12.0. The third-order valence-electron chi connectivity index (χ3n) is 2.09. The average molecular weight is 270 g/mol. The van der Waals surface area contributed by atoms with Crippen molar-refractivity contribution < 1.29 is 19.3 Å². The fraction of sp³-hybridized carbons (Fsp3) is 0.600. The molecule has 0 radical (unpaired) electrons. The number of aliphatic hydroxyl groups is 1. The van der Waals surface area contributed by atoms with Crippen molar-refractivity contribution in [3.8, 4) is 0 Å². The topological polar surface area (TPSA) is 47.9 Å². The maximum atomic E-state index is 8.46. The van der Waals surface area contributed by atoms with Crippen LogP contribution in [0.5, 0.6) is 0 Å². The summed E-state index contributed by atoms with van der Waals surface area (Å²) in [6.45, 7) is 7.23. The molecule has 0 aromatic heterocycles. The molecule has 0 aliphatic heterocycles. The lowest BCUT2D eigenvalue weighted by molar-refractivity contribution is 0.00451. The molecule has 0 saturated heterocycles. The first-order valence-corrected chi connectivity index (χ1v) is 6.81. The van der Waals surface area contributed by atoms with Gasteiger partial charge in [-0.2, -0.15) is 0 Å². The molecule has 19 heavy (non-hydrogen) atoms. The lowest BCUT2D eigenvalue weighted by Crippen LogP contribution is -2.10. The van der Waals surface area contributed by atoms with Crippen molar-refractivity contribution in [3.63, 3.8) is 0 Å². The minimum Gasteiger partial charge on any atom is -0.394 e. The van der Waals surface area contributed by atoms with Crippen LogP contribution < -0.4 is 0 Å². The summed E-state index contributed by atoms with van der Waals surface area (Å²) in [5, 5.41) is 8.46. The second-order valence-electron chi connectivity index (χ2n) is 3.49. The van der Waals surface area contributed by atoms with Crippen LogP contribution in [0, 0.1) is 0 Å². The zero-order valence-corrected chi connectivity index (χ0v) is 12.0. The van der Waals surface area contributed by atoms with Crippen molar-refractivity contribution in [1.82, 2.24) is 0 Å². The van der Waals surface area contributed by atoms with E-state index in [1.165, 1.54) is 5.56 Å². The Kier molecular flexibility index (Phi) is 14.4. The summed E-state index contributed by atoms with van der Waals surface area (Å²) in [4.78, 5) is 0. The maximum Gasteiger partial charge on any atom is 0.0718 e. The molecule has 0 heterocycles. The molecule has 0 fully saturated rings. The second kappa shape index (κ2) is 15.1. The number of rotatable bonds is 10. The Balaban J connectivity index is 0.00000154. The van der Waals surface area contributed by atoms with Crippen molar-refractivity contribution in [1.29, 1.82) is 0 Å². The summed E-state index contributed by atoms with van der Waals surface area (Å²) in [5.41, 5.74) is 1.17. The van der Waals surface area contributed by atoms with Gasteiger partial charge in [-0.3, -0.25) is 0 Å². The van der Waals surface area contributed by atoms with Crippen LogP contribution in [0.2, 0.25) is 0 Å². The number of ether oxygens (including phenoxy) is 3. The van der Waals surface area contributed by atoms with E-state index in [0.717, 1.165) is 0 Å². The van der Waals surface area contributed by atoms with E-state index >= 15 is 0 Å². The molecule has 0 amide bonds. The molecule has 0 atom stereocenters. The standard InChI is InChI=1S/C13H20O4.C2H6/c14-6-7-15-8-9-16-10-11-17-12-13-4-2-1-3-5-13;1-2/h1-5,14H,6-12H2;1-2H3. The zero-order chi connectivity index (χ0) is 14.2. The molecular formula is C15H26O4. The molecule has 1 aromatic rings. The number of hydrogen-bond acceptors (Lipinski definition) is 4. The molecule has 0 aliphatic carbocycles. The van der Waals surface area contributed by atoms with Gasteiger partial charge in [0, 0.05) is 0 Å². The fourth-order valence-electron chi connectivity index (χ4n) is 1.27. The predicted octanol–water partition coefficient (Wildman–Crippen LogP) is 2.25. The van der Waals surface area contributed by atoms with Crippen LogP contribution in [-0.4, -0.2) is 44.7 Å². The van der Waals surface area contributed by atoms with Crippen molar-refractivity contribution in [2.75, 3.05) is 39.6 Å². The molecule has 0 aliphatic rings. The smallest absolute Gasteiger partial charge is 0.0718 e. The molecule has 1 aromatic carbocycles. The second-order valence-corrected chi connectivity index (χ2v) is 3.49. The van der Waals surface area contributed by atoms with E-state index in [2.05, 4.69) is 0 Å². The quantitative estimate of drug-likeness (QED) is 0.662. The molecule has 0 unspecified atom stereocenters. The highest BCUT2D eigenvalue weighted by Gasteiger charge is 1.92. The molecule has 4 nitrogen and oxygen atoms in total. The Bertz CT molecular complexity index is 264. The highest BCUT2D eigenvalue weighted by atomic mass is 16.5. The number of hydrogen-bond donors (Lipinski definition) is 1. The first-order chi connectivity index (χ1) is 9.43. The average Bonchev–Trinajstić information content (AvgIpc) is 2.49. The molecule has 1 rings (SSSR count). The van der Waals surface area contributed by atoms with E-state index < -0.39 is 0 Å². The normalized spacial score (nSPS) is 9.84.